The molecule has 0 amide bonds. The van der Waals surface area contributed by atoms with Crippen LogP contribution in [0.25, 0.3) is 0 Å². The molecule has 2 aromatic rings. The number of carbonyl (C=O) groups excluding carboxylic acids is 1. The second-order valence-corrected chi connectivity index (χ2v) is 6.45. The third-order valence-electron chi connectivity index (χ3n) is 3.39. The molecule has 124 valence electrons. The highest BCUT2D eigenvalue weighted by Gasteiger charge is 2.22. The van der Waals surface area contributed by atoms with Gasteiger partial charge in [-0.1, -0.05) is 6.92 Å². The van der Waals surface area contributed by atoms with Crippen LogP contribution in [0.3, 0.4) is 0 Å². The van der Waals surface area contributed by atoms with Crippen molar-refractivity contribution in [2.75, 3.05) is 17.7 Å². The first-order valence-corrected chi connectivity index (χ1v) is 8.54. The molecule has 2 heterocycles. The molecule has 0 bridgehead atoms. The van der Waals surface area contributed by atoms with Gasteiger partial charge in [-0.05, 0) is 38.0 Å². The molecule has 0 saturated carbocycles. The number of ether oxygens (including phenoxy) is 1. The van der Waals surface area contributed by atoms with Gasteiger partial charge in [-0.15, -0.1) is 11.3 Å². The first kappa shape index (κ1) is 17.4. The molecule has 0 fully saturated rings. The Kier molecular flexibility index (Phi) is 5.73. The molecule has 0 aliphatic carbocycles. The zero-order valence-electron chi connectivity index (χ0n) is 13.6. The molecule has 23 heavy (non-hydrogen) atoms. The van der Waals surface area contributed by atoms with Crippen LogP contribution in [-0.2, 0) is 17.7 Å². The van der Waals surface area contributed by atoms with Gasteiger partial charge in [-0.3, -0.25) is 4.68 Å². The quantitative estimate of drug-likeness (QED) is 0.635. The number of aromatic nitrogens is 2. The van der Waals surface area contributed by atoms with Crippen molar-refractivity contribution < 1.29 is 9.53 Å². The van der Waals surface area contributed by atoms with Crippen LogP contribution >= 0.6 is 23.6 Å². The number of anilines is 2. The van der Waals surface area contributed by atoms with Crippen LogP contribution in [0.1, 0.15) is 34.6 Å². The van der Waals surface area contributed by atoms with Crippen LogP contribution in [0.15, 0.2) is 12.3 Å². The van der Waals surface area contributed by atoms with E-state index < -0.39 is 0 Å². The van der Waals surface area contributed by atoms with Gasteiger partial charge in [0.15, 0.2) is 10.9 Å². The summed E-state index contributed by atoms with van der Waals surface area (Å²) < 4.78 is 6.70. The maximum absolute atomic E-state index is 12.1. The number of hydrogen-bond donors (Lipinski definition) is 2. The minimum absolute atomic E-state index is 0.355. The lowest BCUT2D eigenvalue weighted by Gasteiger charge is -2.09. The summed E-state index contributed by atoms with van der Waals surface area (Å²) in [5, 5.41) is 11.5. The zero-order chi connectivity index (χ0) is 17.0. The fourth-order valence-corrected chi connectivity index (χ4v) is 3.67. The van der Waals surface area contributed by atoms with Crippen LogP contribution in [-0.4, -0.2) is 28.0 Å². The number of hydrogen-bond acceptors (Lipinski definition) is 5. The molecule has 0 radical (unpaired) electrons. The van der Waals surface area contributed by atoms with E-state index in [0.717, 1.165) is 23.4 Å². The van der Waals surface area contributed by atoms with Crippen molar-refractivity contribution in [3.05, 3.63) is 28.3 Å². The summed E-state index contributed by atoms with van der Waals surface area (Å²) in [6, 6.07) is 1.84. The molecule has 2 N–H and O–H groups in total. The topological polar surface area (TPSA) is 68.2 Å². The monoisotopic (exact) mass is 352 g/mol. The van der Waals surface area contributed by atoms with E-state index in [1.807, 2.05) is 33.0 Å². The van der Waals surface area contributed by atoms with Crippen molar-refractivity contribution in [2.45, 2.75) is 33.7 Å². The van der Waals surface area contributed by atoms with Gasteiger partial charge in [-0.2, -0.15) is 5.10 Å². The van der Waals surface area contributed by atoms with Crippen LogP contribution in [0, 0.1) is 6.92 Å². The van der Waals surface area contributed by atoms with E-state index in [1.54, 1.807) is 4.68 Å². The summed E-state index contributed by atoms with van der Waals surface area (Å²) in [6.07, 6.45) is 2.63. The van der Waals surface area contributed by atoms with Gasteiger partial charge in [0.2, 0.25) is 0 Å². The molecule has 0 aliphatic heterocycles. The molecule has 0 saturated heterocycles. The molecule has 2 aromatic heterocycles. The number of thiophene rings is 1. The number of thiocarbonyl (C=S) groups is 1. The van der Waals surface area contributed by atoms with Gasteiger partial charge in [0.1, 0.15) is 5.00 Å². The van der Waals surface area contributed by atoms with Gasteiger partial charge in [0, 0.05) is 23.7 Å². The standard InChI is InChI=1S/C15H20N4O2S2/c1-5-10-9(3)23-13(12(10)14(20)21-4)17-15(22)16-11-7-8-19(6-2)18-11/h7-8H,5-6H2,1-4H3,(H2,16,17,18,22). The van der Waals surface area contributed by atoms with Crippen molar-refractivity contribution in [1.29, 1.82) is 0 Å². The number of aryl methyl sites for hydroxylation is 2. The van der Waals surface area contributed by atoms with E-state index in [0.29, 0.717) is 21.5 Å². The molecular weight excluding hydrogens is 332 g/mol. The predicted molar refractivity (Wildman–Crippen MR) is 97.5 cm³/mol. The predicted octanol–water partition coefficient (Wildman–Crippen LogP) is 3.43. The van der Waals surface area contributed by atoms with E-state index in [2.05, 4.69) is 15.7 Å². The Morgan fingerprint density at radius 3 is 2.74 bits per heavy atom. The highest BCUT2D eigenvalue weighted by atomic mass is 32.1. The average Bonchev–Trinajstić information content (AvgIpc) is 3.10. The summed E-state index contributed by atoms with van der Waals surface area (Å²) in [5.74, 6) is 0.305. The number of nitrogens with zero attached hydrogens (tertiary/aromatic N) is 2. The molecule has 0 spiro atoms. The third-order valence-corrected chi connectivity index (χ3v) is 4.65. The lowest BCUT2D eigenvalue weighted by molar-refractivity contribution is 0.0601. The smallest absolute Gasteiger partial charge is 0.341 e. The molecule has 8 heteroatoms. The first-order chi connectivity index (χ1) is 11.0. The highest BCUT2D eigenvalue weighted by molar-refractivity contribution is 7.80. The van der Waals surface area contributed by atoms with Crippen LogP contribution in [0.2, 0.25) is 0 Å². The summed E-state index contributed by atoms with van der Waals surface area (Å²) >= 11 is 6.81. The number of methoxy groups -OCH3 is 1. The average molecular weight is 352 g/mol. The first-order valence-electron chi connectivity index (χ1n) is 7.32. The zero-order valence-corrected chi connectivity index (χ0v) is 15.2. The molecule has 0 unspecified atom stereocenters. The molecule has 0 aromatic carbocycles. The Bertz CT molecular complexity index is 721. The van der Waals surface area contributed by atoms with E-state index in [-0.39, 0.29) is 5.97 Å². The summed E-state index contributed by atoms with van der Waals surface area (Å²) in [7, 11) is 1.38. The number of esters is 1. The van der Waals surface area contributed by atoms with Crippen molar-refractivity contribution >= 4 is 45.5 Å². The Morgan fingerprint density at radius 2 is 2.17 bits per heavy atom. The Morgan fingerprint density at radius 1 is 1.43 bits per heavy atom. The highest BCUT2D eigenvalue weighted by Crippen LogP contribution is 2.34. The minimum Gasteiger partial charge on any atom is -0.465 e. The fraction of sp³-hybridized carbons (Fsp3) is 0.400. The Balaban J connectivity index is 2.18. The molecule has 0 aliphatic rings. The summed E-state index contributed by atoms with van der Waals surface area (Å²) in [4.78, 5) is 13.2. The van der Waals surface area contributed by atoms with E-state index >= 15 is 0 Å². The van der Waals surface area contributed by atoms with Crippen LogP contribution < -0.4 is 10.6 Å². The van der Waals surface area contributed by atoms with Crippen molar-refractivity contribution in [3.8, 4) is 0 Å². The van der Waals surface area contributed by atoms with E-state index in [9.17, 15) is 4.79 Å². The molecule has 2 rings (SSSR count). The lowest BCUT2D eigenvalue weighted by Crippen LogP contribution is -2.20. The maximum Gasteiger partial charge on any atom is 0.341 e. The Labute approximate surface area is 144 Å². The summed E-state index contributed by atoms with van der Waals surface area (Å²) in [6.45, 7) is 6.80. The van der Waals surface area contributed by atoms with Crippen molar-refractivity contribution in [3.63, 3.8) is 0 Å². The second kappa shape index (κ2) is 7.56. The van der Waals surface area contributed by atoms with Gasteiger partial charge in [-0.25, -0.2) is 4.79 Å². The van der Waals surface area contributed by atoms with Crippen molar-refractivity contribution in [1.82, 2.24) is 9.78 Å². The van der Waals surface area contributed by atoms with E-state index in [1.165, 1.54) is 18.4 Å². The van der Waals surface area contributed by atoms with Gasteiger partial charge >= 0.3 is 5.97 Å². The SMILES string of the molecule is CCc1c(C)sc(NC(=S)Nc2ccn(CC)n2)c1C(=O)OC. The van der Waals surface area contributed by atoms with Crippen LogP contribution in [0.5, 0.6) is 0 Å². The lowest BCUT2D eigenvalue weighted by atomic mass is 10.1. The number of rotatable bonds is 5. The maximum atomic E-state index is 12.1. The second-order valence-electron chi connectivity index (χ2n) is 4.82. The van der Waals surface area contributed by atoms with Crippen LogP contribution in [0.4, 0.5) is 10.8 Å². The molecular formula is C15H20N4O2S2. The van der Waals surface area contributed by atoms with E-state index in [4.69, 9.17) is 17.0 Å². The number of nitrogens with one attached hydrogen (secondary N) is 2. The van der Waals surface area contributed by atoms with Gasteiger partial charge in [0.25, 0.3) is 0 Å². The fourth-order valence-electron chi connectivity index (χ4n) is 2.27. The molecule has 0 atom stereocenters. The van der Waals surface area contributed by atoms with Gasteiger partial charge < -0.3 is 15.4 Å². The third kappa shape index (κ3) is 3.89. The number of carbonyl (C=O) groups is 1. The van der Waals surface area contributed by atoms with Gasteiger partial charge in [0.05, 0.1) is 12.7 Å². The van der Waals surface area contributed by atoms with Crippen molar-refractivity contribution in [2.24, 2.45) is 0 Å². The normalized spacial score (nSPS) is 10.4. The largest absolute Gasteiger partial charge is 0.465 e. The summed E-state index contributed by atoms with van der Waals surface area (Å²) in [5.41, 5.74) is 1.54. The minimum atomic E-state index is -0.355. The Hall–Kier alpha value is -1.93. The molecule has 6 nitrogen and oxygen atoms in total.